The molecule has 0 bridgehead atoms. The number of aromatic nitrogens is 5. The van der Waals surface area contributed by atoms with Gasteiger partial charge in [0.15, 0.2) is 23.7 Å². The summed E-state index contributed by atoms with van der Waals surface area (Å²) >= 11 is 1.06. The minimum absolute atomic E-state index is 0.00843. The van der Waals surface area contributed by atoms with E-state index in [-0.39, 0.29) is 29.5 Å². The van der Waals surface area contributed by atoms with E-state index in [1.807, 2.05) is 0 Å². The smallest absolute Gasteiger partial charge is 0.287 e. The van der Waals surface area contributed by atoms with Gasteiger partial charge < -0.3 is 9.73 Å². The molecule has 12 heteroatoms. The summed E-state index contributed by atoms with van der Waals surface area (Å²) in [6.45, 7) is 0.844. The Kier molecular flexibility index (Phi) is 5.08. The van der Waals surface area contributed by atoms with Gasteiger partial charge in [0, 0.05) is 17.9 Å². The molecule has 0 aliphatic carbocycles. The average Bonchev–Trinajstić information content (AvgIpc) is 3.43. The molecule has 8 nitrogen and oxygen atoms in total. The predicted octanol–water partition coefficient (Wildman–Crippen LogP) is 3.94. The van der Waals surface area contributed by atoms with Crippen molar-refractivity contribution in [1.82, 2.24) is 25.0 Å². The fourth-order valence-electron chi connectivity index (χ4n) is 2.53. The van der Waals surface area contributed by atoms with Crippen molar-refractivity contribution >= 4 is 23.1 Å². The van der Waals surface area contributed by atoms with Crippen LogP contribution in [0.5, 0.6) is 0 Å². The molecule has 0 spiro atoms. The Hall–Kier alpha value is -3.54. The molecule has 4 rings (SSSR count). The summed E-state index contributed by atoms with van der Waals surface area (Å²) in [4.78, 5) is 21.5. The topological polar surface area (TPSA) is 98.7 Å². The van der Waals surface area contributed by atoms with Gasteiger partial charge >= 0.3 is 0 Å². The summed E-state index contributed by atoms with van der Waals surface area (Å²) in [7, 11) is 0. The second kappa shape index (κ2) is 7.71. The number of nitrogens with one attached hydrogen (secondary N) is 1. The monoisotopic (exact) mass is 434 g/mol. The molecule has 154 valence electrons. The fraction of sp³-hybridized carbons (Fsp3) is 0.167. The number of halogens is 3. The van der Waals surface area contributed by atoms with Gasteiger partial charge in [0.1, 0.15) is 23.1 Å². The standard InChI is InChI=1S/C18H13F3N6O2S/c1-18(20,21)12-8-30-14(24-12)7-27-23-6-13(26-27)25-17(28)15-16(29-9-22-15)10-2-4-11(19)5-3-10/h2-6,8-9H,7H2,1H3,(H,25,26,28). The van der Waals surface area contributed by atoms with Crippen molar-refractivity contribution in [3.63, 3.8) is 0 Å². The quantitative estimate of drug-likeness (QED) is 0.494. The first-order valence-electron chi connectivity index (χ1n) is 8.53. The summed E-state index contributed by atoms with van der Waals surface area (Å²) in [5.74, 6) is -3.74. The van der Waals surface area contributed by atoms with E-state index < -0.39 is 17.6 Å². The van der Waals surface area contributed by atoms with E-state index in [1.165, 1.54) is 40.6 Å². The van der Waals surface area contributed by atoms with Crippen molar-refractivity contribution in [1.29, 1.82) is 0 Å². The van der Waals surface area contributed by atoms with Crippen LogP contribution in [0.15, 0.2) is 46.7 Å². The lowest BCUT2D eigenvalue weighted by atomic mass is 10.1. The highest BCUT2D eigenvalue weighted by Crippen LogP contribution is 2.28. The summed E-state index contributed by atoms with van der Waals surface area (Å²) in [6, 6.07) is 5.41. The highest BCUT2D eigenvalue weighted by atomic mass is 32.1. The second-order valence-corrected chi connectivity index (χ2v) is 7.21. The molecule has 0 saturated carbocycles. The van der Waals surface area contributed by atoms with Gasteiger partial charge in [0.25, 0.3) is 11.8 Å². The van der Waals surface area contributed by atoms with Crippen LogP contribution in [-0.2, 0) is 12.5 Å². The van der Waals surface area contributed by atoms with Crippen LogP contribution in [-0.4, -0.2) is 30.9 Å². The Morgan fingerprint density at radius 2 is 2.07 bits per heavy atom. The number of benzene rings is 1. The largest absolute Gasteiger partial charge is 0.443 e. The van der Waals surface area contributed by atoms with Crippen molar-refractivity contribution < 1.29 is 22.4 Å². The second-order valence-electron chi connectivity index (χ2n) is 6.27. The van der Waals surface area contributed by atoms with Crippen molar-refractivity contribution in [2.24, 2.45) is 0 Å². The highest BCUT2D eigenvalue weighted by Gasteiger charge is 2.27. The summed E-state index contributed by atoms with van der Waals surface area (Å²) in [5.41, 5.74) is 0.156. The van der Waals surface area contributed by atoms with E-state index in [1.54, 1.807) is 0 Å². The van der Waals surface area contributed by atoms with E-state index in [0.29, 0.717) is 10.6 Å². The van der Waals surface area contributed by atoms with Gasteiger partial charge in [-0.25, -0.2) is 14.4 Å². The van der Waals surface area contributed by atoms with Crippen LogP contribution in [0.3, 0.4) is 0 Å². The van der Waals surface area contributed by atoms with Crippen molar-refractivity contribution in [3.05, 3.63) is 64.4 Å². The van der Waals surface area contributed by atoms with Crippen LogP contribution < -0.4 is 5.32 Å². The molecule has 1 amide bonds. The van der Waals surface area contributed by atoms with Crippen LogP contribution in [0, 0.1) is 5.82 Å². The van der Waals surface area contributed by atoms with E-state index in [2.05, 4.69) is 25.5 Å². The number of anilines is 1. The lowest BCUT2D eigenvalue weighted by molar-refractivity contribution is 0.0132. The van der Waals surface area contributed by atoms with Crippen LogP contribution in [0.2, 0.25) is 0 Å². The van der Waals surface area contributed by atoms with E-state index in [0.717, 1.165) is 24.7 Å². The number of carbonyl (C=O) groups is 1. The molecule has 1 N–H and O–H groups in total. The molecule has 0 atom stereocenters. The minimum Gasteiger partial charge on any atom is -0.443 e. The third-order valence-electron chi connectivity index (χ3n) is 3.95. The Morgan fingerprint density at radius 1 is 1.30 bits per heavy atom. The third kappa shape index (κ3) is 4.22. The maximum absolute atomic E-state index is 13.3. The molecule has 1 aromatic carbocycles. The Morgan fingerprint density at radius 3 is 2.77 bits per heavy atom. The molecular formula is C18H13F3N6O2S. The molecule has 0 aliphatic heterocycles. The molecular weight excluding hydrogens is 421 g/mol. The predicted molar refractivity (Wildman–Crippen MR) is 101 cm³/mol. The molecule has 3 heterocycles. The molecule has 0 radical (unpaired) electrons. The zero-order chi connectivity index (χ0) is 21.3. The molecule has 0 fully saturated rings. The summed E-state index contributed by atoms with van der Waals surface area (Å²) < 4.78 is 44.9. The van der Waals surface area contributed by atoms with Crippen LogP contribution in [0.4, 0.5) is 19.0 Å². The van der Waals surface area contributed by atoms with Crippen molar-refractivity contribution in [3.8, 4) is 11.3 Å². The number of thiazole rings is 1. The number of rotatable bonds is 6. The zero-order valence-electron chi connectivity index (χ0n) is 15.3. The molecule has 0 unspecified atom stereocenters. The van der Waals surface area contributed by atoms with Gasteiger partial charge in [-0.1, -0.05) is 0 Å². The number of nitrogens with zero attached hydrogens (tertiary/aromatic N) is 5. The lowest BCUT2D eigenvalue weighted by Crippen LogP contribution is -2.14. The first kappa shape index (κ1) is 19.8. The number of oxazole rings is 1. The van der Waals surface area contributed by atoms with Crippen LogP contribution >= 0.6 is 11.3 Å². The molecule has 3 aromatic heterocycles. The van der Waals surface area contributed by atoms with Gasteiger partial charge in [0.05, 0.1) is 6.20 Å². The zero-order valence-corrected chi connectivity index (χ0v) is 16.2. The molecule has 0 aliphatic rings. The van der Waals surface area contributed by atoms with E-state index in [4.69, 9.17) is 4.42 Å². The third-order valence-corrected chi connectivity index (χ3v) is 4.78. The average molecular weight is 434 g/mol. The lowest BCUT2D eigenvalue weighted by Gasteiger charge is -2.04. The molecule has 4 aromatic rings. The minimum atomic E-state index is -3.02. The van der Waals surface area contributed by atoms with Crippen molar-refractivity contribution in [2.75, 3.05) is 5.32 Å². The number of hydrogen-bond donors (Lipinski definition) is 1. The van der Waals surface area contributed by atoms with E-state index in [9.17, 15) is 18.0 Å². The summed E-state index contributed by atoms with van der Waals surface area (Å²) in [5, 5.41) is 12.3. The number of carbonyl (C=O) groups excluding carboxylic acids is 1. The maximum Gasteiger partial charge on any atom is 0.287 e. The van der Waals surface area contributed by atoms with Crippen LogP contribution in [0.1, 0.15) is 28.1 Å². The SMILES string of the molecule is CC(F)(F)c1csc(Cn2ncc(NC(=O)c3ncoc3-c3ccc(F)cc3)n2)n1. The number of hydrogen-bond acceptors (Lipinski definition) is 7. The number of alkyl halides is 2. The normalized spacial score (nSPS) is 11.6. The van der Waals surface area contributed by atoms with E-state index >= 15 is 0 Å². The van der Waals surface area contributed by atoms with Gasteiger partial charge in [-0.05, 0) is 24.3 Å². The Labute approximate surface area is 171 Å². The van der Waals surface area contributed by atoms with Gasteiger partial charge in [-0.3, -0.25) is 4.79 Å². The summed E-state index contributed by atoms with van der Waals surface area (Å²) in [6.07, 6.45) is 2.41. The maximum atomic E-state index is 13.3. The highest BCUT2D eigenvalue weighted by molar-refractivity contribution is 7.09. The first-order valence-corrected chi connectivity index (χ1v) is 9.41. The number of amides is 1. The first-order chi connectivity index (χ1) is 14.3. The van der Waals surface area contributed by atoms with Gasteiger partial charge in [-0.15, -0.1) is 16.4 Å². The van der Waals surface area contributed by atoms with Crippen LogP contribution in [0.25, 0.3) is 11.3 Å². The van der Waals surface area contributed by atoms with Gasteiger partial charge in [-0.2, -0.15) is 18.7 Å². The molecule has 0 saturated heterocycles. The Bertz CT molecular complexity index is 1180. The van der Waals surface area contributed by atoms with Crippen molar-refractivity contribution in [2.45, 2.75) is 19.4 Å². The Balaban J connectivity index is 1.46. The molecule has 30 heavy (non-hydrogen) atoms. The van der Waals surface area contributed by atoms with Gasteiger partial charge in [0.2, 0.25) is 0 Å². The fourth-order valence-corrected chi connectivity index (χ4v) is 3.37.